The van der Waals surface area contributed by atoms with Gasteiger partial charge in [-0.15, -0.1) is 0 Å². The first-order valence-corrected chi connectivity index (χ1v) is 10.1. The highest BCUT2D eigenvalue weighted by molar-refractivity contribution is 5.91. The number of aromatic nitrogens is 1. The zero-order chi connectivity index (χ0) is 21.5. The van der Waals surface area contributed by atoms with Gasteiger partial charge in [0.1, 0.15) is 12.1 Å². The first-order valence-electron chi connectivity index (χ1n) is 10.1. The Balaban J connectivity index is 1.72. The van der Waals surface area contributed by atoms with Crippen molar-refractivity contribution in [3.8, 4) is 0 Å². The molecular weight excluding hydrogens is 381 g/mol. The summed E-state index contributed by atoms with van der Waals surface area (Å²) in [4.78, 5) is 18.7. The maximum Gasteiger partial charge on any atom is 0.273 e. The summed E-state index contributed by atoms with van der Waals surface area (Å²) < 4.78 is 18.8. The van der Waals surface area contributed by atoms with Gasteiger partial charge in [-0.3, -0.25) is 9.69 Å². The van der Waals surface area contributed by atoms with Crippen molar-refractivity contribution < 1.29 is 13.6 Å². The Kier molecular flexibility index (Phi) is 7.36. The molecule has 0 radical (unpaired) electrons. The average Bonchev–Trinajstić information content (AvgIpc) is 3.18. The molecule has 0 atom stereocenters. The highest BCUT2D eigenvalue weighted by atomic mass is 19.1. The number of carbonyl (C=O) groups excluding carboxylic acids is 1. The third-order valence-electron chi connectivity index (χ3n) is 4.66. The number of hydrogen-bond acceptors (Lipinski definition) is 4. The maximum atomic E-state index is 13.3. The highest BCUT2D eigenvalue weighted by Gasteiger charge is 2.16. The molecule has 6 heteroatoms. The van der Waals surface area contributed by atoms with E-state index in [1.165, 1.54) is 24.0 Å². The van der Waals surface area contributed by atoms with Gasteiger partial charge in [0.2, 0.25) is 5.89 Å². The molecule has 1 N–H and O–H groups in total. The zero-order valence-electron chi connectivity index (χ0n) is 17.7. The smallest absolute Gasteiger partial charge is 0.273 e. The fourth-order valence-electron chi connectivity index (χ4n) is 3.03. The van der Waals surface area contributed by atoms with Crippen molar-refractivity contribution in [2.45, 2.75) is 40.4 Å². The normalized spacial score (nSPS) is 11.3. The number of oxazole rings is 1. The predicted molar refractivity (Wildman–Crippen MR) is 114 cm³/mol. The molecular formula is C24H28FN3O2. The van der Waals surface area contributed by atoms with E-state index in [9.17, 15) is 9.18 Å². The predicted octanol–water partition coefficient (Wildman–Crippen LogP) is 4.71. The topological polar surface area (TPSA) is 58.4 Å². The van der Waals surface area contributed by atoms with Crippen LogP contribution in [0.2, 0.25) is 0 Å². The summed E-state index contributed by atoms with van der Waals surface area (Å²) in [6, 6.07) is 14.8. The van der Waals surface area contributed by atoms with E-state index >= 15 is 0 Å². The second kappa shape index (κ2) is 10.2. The molecule has 0 saturated carbocycles. The van der Waals surface area contributed by atoms with E-state index in [-0.39, 0.29) is 17.4 Å². The van der Waals surface area contributed by atoms with E-state index in [0.29, 0.717) is 38.0 Å². The number of nitrogens with one attached hydrogen (secondary N) is 1. The molecule has 0 fully saturated rings. The van der Waals surface area contributed by atoms with Gasteiger partial charge in [0.05, 0.1) is 6.54 Å². The Morgan fingerprint density at radius 3 is 2.23 bits per heavy atom. The molecule has 5 nitrogen and oxygen atoms in total. The van der Waals surface area contributed by atoms with Crippen LogP contribution in [0.5, 0.6) is 0 Å². The average molecular weight is 410 g/mol. The summed E-state index contributed by atoms with van der Waals surface area (Å²) in [7, 11) is 0. The molecule has 3 rings (SSSR count). The third kappa shape index (κ3) is 6.52. The van der Waals surface area contributed by atoms with Crippen LogP contribution in [-0.2, 0) is 19.6 Å². The number of amides is 1. The lowest BCUT2D eigenvalue weighted by Crippen LogP contribution is -2.27. The van der Waals surface area contributed by atoms with Crippen LogP contribution in [0.4, 0.5) is 4.39 Å². The Morgan fingerprint density at radius 1 is 1.03 bits per heavy atom. The SMILES string of the molecule is Cc1ccc(CN(Cc2ccc(F)cc2)Cc2nc(C(=O)NCC(C)C)co2)cc1. The fraction of sp³-hybridized carbons (Fsp3) is 0.333. The maximum absolute atomic E-state index is 13.3. The monoisotopic (exact) mass is 409 g/mol. The van der Waals surface area contributed by atoms with Crippen molar-refractivity contribution in [1.82, 2.24) is 15.2 Å². The first-order chi connectivity index (χ1) is 14.4. The summed E-state index contributed by atoms with van der Waals surface area (Å²) in [5.41, 5.74) is 3.63. The van der Waals surface area contributed by atoms with Crippen LogP contribution in [-0.4, -0.2) is 22.3 Å². The van der Waals surface area contributed by atoms with E-state index in [4.69, 9.17) is 4.42 Å². The molecule has 1 heterocycles. The Bertz CT molecular complexity index is 902. The molecule has 158 valence electrons. The van der Waals surface area contributed by atoms with E-state index in [1.807, 2.05) is 13.8 Å². The molecule has 3 aromatic rings. The molecule has 1 amide bonds. The first kappa shape index (κ1) is 21.7. The van der Waals surface area contributed by atoms with Crippen LogP contribution in [0.25, 0.3) is 0 Å². The van der Waals surface area contributed by atoms with E-state index in [2.05, 4.69) is 46.4 Å². The van der Waals surface area contributed by atoms with Crippen molar-refractivity contribution in [3.05, 3.63) is 88.9 Å². The molecule has 0 aliphatic rings. The van der Waals surface area contributed by atoms with Gasteiger partial charge < -0.3 is 9.73 Å². The number of hydrogen-bond donors (Lipinski definition) is 1. The number of rotatable bonds is 9. The van der Waals surface area contributed by atoms with E-state index in [0.717, 1.165) is 11.1 Å². The standard InChI is InChI=1S/C24H28FN3O2/c1-17(2)12-26-24(29)22-16-30-23(27-22)15-28(13-19-6-4-18(3)5-7-19)14-20-8-10-21(25)11-9-20/h4-11,16-17H,12-15H2,1-3H3,(H,26,29). The Morgan fingerprint density at radius 2 is 1.63 bits per heavy atom. The van der Waals surface area contributed by atoms with Gasteiger partial charge in [0.15, 0.2) is 5.69 Å². The largest absolute Gasteiger partial charge is 0.447 e. The zero-order valence-corrected chi connectivity index (χ0v) is 17.7. The summed E-state index contributed by atoms with van der Waals surface area (Å²) in [5, 5.41) is 2.84. The van der Waals surface area contributed by atoms with Crippen molar-refractivity contribution in [3.63, 3.8) is 0 Å². The lowest BCUT2D eigenvalue weighted by molar-refractivity contribution is 0.0944. The van der Waals surface area contributed by atoms with Gasteiger partial charge in [-0.2, -0.15) is 0 Å². The van der Waals surface area contributed by atoms with E-state index in [1.54, 1.807) is 12.1 Å². The Labute approximate surface area is 176 Å². The minimum atomic E-state index is -0.256. The molecule has 1 aromatic heterocycles. The molecule has 0 bridgehead atoms. The van der Waals surface area contributed by atoms with Crippen molar-refractivity contribution >= 4 is 5.91 Å². The van der Waals surface area contributed by atoms with Crippen LogP contribution in [0.1, 0.15) is 46.9 Å². The molecule has 0 unspecified atom stereocenters. The van der Waals surface area contributed by atoms with Crippen LogP contribution < -0.4 is 5.32 Å². The van der Waals surface area contributed by atoms with Gasteiger partial charge in [0, 0.05) is 19.6 Å². The number of carbonyl (C=O) groups is 1. The van der Waals surface area contributed by atoms with Crippen LogP contribution in [0.3, 0.4) is 0 Å². The second-order valence-electron chi connectivity index (χ2n) is 7.99. The van der Waals surface area contributed by atoms with Gasteiger partial charge in [-0.1, -0.05) is 55.8 Å². The molecule has 0 aliphatic heterocycles. The van der Waals surface area contributed by atoms with Gasteiger partial charge in [-0.25, -0.2) is 9.37 Å². The number of nitrogens with zero attached hydrogens (tertiary/aromatic N) is 2. The van der Waals surface area contributed by atoms with Crippen molar-refractivity contribution in [2.24, 2.45) is 5.92 Å². The number of benzene rings is 2. The third-order valence-corrected chi connectivity index (χ3v) is 4.66. The van der Waals surface area contributed by atoms with Gasteiger partial charge >= 0.3 is 0 Å². The quantitative estimate of drug-likeness (QED) is 0.556. The van der Waals surface area contributed by atoms with Gasteiger partial charge in [0.25, 0.3) is 5.91 Å². The number of aryl methyl sites for hydroxylation is 1. The van der Waals surface area contributed by atoms with Crippen molar-refractivity contribution in [2.75, 3.05) is 6.54 Å². The van der Waals surface area contributed by atoms with E-state index < -0.39 is 0 Å². The fourth-order valence-corrected chi connectivity index (χ4v) is 3.03. The van der Waals surface area contributed by atoms with Crippen LogP contribution in [0.15, 0.2) is 59.2 Å². The number of halogens is 1. The van der Waals surface area contributed by atoms with Crippen molar-refractivity contribution in [1.29, 1.82) is 0 Å². The summed E-state index contributed by atoms with van der Waals surface area (Å²) >= 11 is 0. The summed E-state index contributed by atoms with van der Waals surface area (Å²) in [5.74, 6) is 0.343. The van der Waals surface area contributed by atoms with Crippen LogP contribution in [0, 0.1) is 18.7 Å². The summed E-state index contributed by atoms with van der Waals surface area (Å²) in [6.07, 6.45) is 1.40. The van der Waals surface area contributed by atoms with Crippen LogP contribution >= 0.6 is 0 Å². The minimum absolute atomic E-state index is 0.234. The summed E-state index contributed by atoms with van der Waals surface area (Å²) in [6.45, 7) is 8.42. The molecule has 2 aromatic carbocycles. The molecule has 30 heavy (non-hydrogen) atoms. The second-order valence-corrected chi connectivity index (χ2v) is 7.99. The lowest BCUT2D eigenvalue weighted by Gasteiger charge is -2.21. The Hall–Kier alpha value is -2.99. The van der Waals surface area contributed by atoms with Gasteiger partial charge in [-0.05, 0) is 36.1 Å². The molecule has 0 saturated heterocycles. The highest BCUT2D eigenvalue weighted by Crippen LogP contribution is 2.15. The lowest BCUT2D eigenvalue weighted by atomic mass is 10.1. The molecule has 0 aliphatic carbocycles. The minimum Gasteiger partial charge on any atom is -0.447 e. The molecule has 0 spiro atoms.